The Bertz CT molecular complexity index is 345. The van der Waals surface area contributed by atoms with Crippen molar-refractivity contribution in [3.8, 4) is 0 Å². The summed E-state index contributed by atoms with van der Waals surface area (Å²) in [6.45, 7) is 3.57. The molecular weight excluding hydrogens is 219 g/mol. The molecule has 0 bridgehead atoms. The smallest absolute Gasteiger partial charge is 0.180 e. The van der Waals surface area contributed by atoms with Gasteiger partial charge in [0.2, 0.25) is 0 Å². The predicted molar refractivity (Wildman–Crippen MR) is 60.4 cm³/mol. The monoisotopic (exact) mass is 230 g/mol. The molecule has 1 atom stereocenters. The quantitative estimate of drug-likeness (QED) is 0.574. The molecule has 0 aliphatic carbocycles. The van der Waals surface area contributed by atoms with Gasteiger partial charge in [-0.15, -0.1) is 23.2 Å². The number of rotatable bonds is 3. The summed E-state index contributed by atoms with van der Waals surface area (Å²) in [6.07, 6.45) is 0. The van der Waals surface area contributed by atoms with Crippen molar-refractivity contribution in [3.05, 3.63) is 34.9 Å². The molecule has 14 heavy (non-hydrogen) atoms. The molecule has 0 fully saturated rings. The molecule has 0 spiro atoms. The number of hydrogen-bond donors (Lipinski definition) is 0. The molecule has 1 unspecified atom stereocenters. The Morgan fingerprint density at radius 1 is 1.50 bits per heavy atom. The molecule has 1 aromatic rings. The van der Waals surface area contributed by atoms with Crippen LogP contribution in [0.3, 0.4) is 0 Å². The highest BCUT2D eigenvalue weighted by Gasteiger charge is 2.15. The number of benzene rings is 1. The van der Waals surface area contributed by atoms with Crippen molar-refractivity contribution < 1.29 is 4.79 Å². The fourth-order valence-electron chi connectivity index (χ4n) is 1.31. The first-order valence-corrected chi connectivity index (χ1v) is 5.37. The van der Waals surface area contributed by atoms with E-state index in [1.165, 1.54) is 0 Å². The van der Waals surface area contributed by atoms with Gasteiger partial charge < -0.3 is 0 Å². The van der Waals surface area contributed by atoms with Crippen LogP contribution in [0, 0.1) is 6.92 Å². The van der Waals surface area contributed by atoms with Gasteiger partial charge in [0.05, 0.1) is 5.38 Å². The lowest BCUT2D eigenvalue weighted by Crippen LogP contribution is -2.12. The van der Waals surface area contributed by atoms with Gasteiger partial charge >= 0.3 is 0 Å². The topological polar surface area (TPSA) is 17.1 Å². The molecule has 0 saturated heterocycles. The second kappa shape index (κ2) is 4.81. The van der Waals surface area contributed by atoms with E-state index in [4.69, 9.17) is 23.2 Å². The van der Waals surface area contributed by atoms with Crippen LogP contribution in [-0.4, -0.2) is 11.2 Å². The van der Waals surface area contributed by atoms with Crippen LogP contribution in [0.1, 0.15) is 28.4 Å². The zero-order valence-electron chi connectivity index (χ0n) is 8.18. The lowest BCUT2D eigenvalue weighted by atomic mass is 9.99. The Labute approximate surface area is 94.0 Å². The summed E-state index contributed by atoms with van der Waals surface area (Å²) in [7, 11) is 0. The van der Waals surface area contributed by atoms with Crippen molar-refractivity contribution in [2.45, 2.75) is 25.1 Å². The Morgan fingerprint density at radius 3 is 2.64 bits per heavy atom. The fraction of sp³-hybridized carbons (Fsp3) is 0.364. The number of Topliss-reactive ketones (excluding diaryl/α,β-unsaturated/α-hetero) is 1. The van der Waals surface area contributed by atoms with Crippen molar-refractivity contribution in [1.29, 1.82) is 0 Å². The second-order valence-electron chi connectivity index (χ2n) is 3.20. The average Bonchev–Trinajstić information content (AvgIpc) is 2.17. The summed E-state index contributed by atoms with van der Waals surface area (Å²) in [5, 5.41) is -0.487. The van der Waals surface area contributed by atoms with Crippen LogP contribution in [0.15, 0.2) is 18.2 Å². The molecule has 0 aliphatic rings. The third kappa shape index (κ3) is 2.28. The van der Waals surface area contributed by atoms with Crippen molar-refractivity contribution in [1.82, 2.24) is 0 Å². The summed E-state index contributed by atoms with van der Waals surface area (Å²) in [5.41, 5.74) is 2.58. The lowest BCUT2D eigenvalue weighted by molar-refractivity contribution is 0.0991. The van der Waals surface area contributed by atoms with Gasteiger partial charge in [0.25, 0.3) is 0 Å². The maximum absolute atomic E-state index is 11.7. The normalized spacial score (nSPS) is 12.6. The third-order valence-corrected chi connectivity index (χ3v) is 2.70. The Morgan fingerprint density at radius 2 is 2.14 bits per heavy atom. The highest BCUT2D eigenvalue weighted by atomic mass is 35.5. The largest absolute Gasteiger partial charge is 0.293 e. The number of carbonyl (C=O) groups excluding carboxylic acids is 1. The third-order valence-electron chi connectivity index (χ3n) is 2.22. The van der Waals surface area contributed by atoms with Crippen LogP contribution < -0.4 is 0 Å². The highest BCUT2D eigenvalue weighted by molar-refractivity contribution is 6.33. The molecule has 1 aromatic carbocycles. The van der Waals surface area contributed by atoms with Crippen molar-refractivity contribution in [2.75, 3.05) is 0 Å². The summed E-state index contributed by atoms with van der Waals surface area (Å²) in [6, 6.07) is 5.53. The van der Waals surface area contributed by atoms with Crippen LogP contribution in [0.2, 0.25) is 0 Å². The molecule has 0 N–H and O–H groups in total. The van der Waals surface area contributed by atoms with Gasteiger partial charge in [0.1, 0.15) is 0 Å². The van der Waals surface area contributed by atoms with Crippen LogP contribution in [0.4, 0.5) is 0 Å². The molecule has 76 valence electrons. The maximum Gasteiger partial charge on any atom is 0.180 e. The lowest BCUT2D eigenvalue weighted by Gasteiger charge is -2.09. The minimum absolute atomic E-state index is 0.0452. The molecule has 0 heterocycles. The van der Waals surface area contributed by atoms with Gasteiger partial charge in [-0.1, -0.05) is 18.2 Å². The molecule has 0 radical (unpaired) electrons. The Hall–Kier alpha value is -0.530. The first-order chi connectivity index (χ1) is 6.57. The fourth-order valence-corrected chi connectivity index (χ4v) is 1.72. The predicted octanol–water partition coefficient (Wildman–Crippen LogP) is 3.54. The van der Waals surface area contributed by atoms with E-state index in [1.54, 1.807) is 13.0 Å². The van der Waals surface area contributed by atoms with Crippen LogP contribution in [0.25, 0.3) is 0 Å². The number of carbonyl (C=O) groups is 1. The summed E-state index contributed by atoms with van der Waals surface area (Å²) in [4.78, 5) is 11.7. The maximum atomic E-state index is 11.7. The molecule has 3 heteroatoms. The highest BCUT2D eigenvalue weighted by Crippen LogP contribution is 2.18. The SMILES string of the molecule is Cc1c(CCl)cccc1C(=O)C(C)Cl. The van der Waals surface area contributed by atoms with Gasteiger partial charge in [-0.2, -0.15) is 0 Å². The molecule has 0 aromatic heterocycles. The molecule has 1 nitrogen and oxygen atoms in total. The Kier molecular flexibility index (Phi) is 3.97. The van der Waals surface area contributed by atoms with E-state index in [-0.39, 0.29) is 5.78 Å². The summed E-state index contributed by atoms with van der Waals surface area (Å²) < 4.78 is 0. The zero-order chi connectivity index (χ0) is 10.7. The van der Waals surface area contributed by atoms with Crippen molar-refractivity contribution in [2.24, 2.45) is 0 Å². The molecule has 0 saturated carbocycles. The summed E-state index contributed by atoms with van der Waals surface area (Å²) >= 11 is 11.5. The zero-order valence-corrected chi connectivity index (χ0v) is 9.69. The Balaban J connectivity index is 3.16. The van der Waals surface area contributed by atoms with Gasteiger partial charge in [0.15, 0.2) is 5.78 Å². The van der Waals surface area contributed by atoms with E-state index in [2.05, 4.69) is 0 Å². The van der Waals surface area contributed by atoms with E-state index < -0.39 is 5.38 Å². The van der Waals surface area contributed by atoms with E-state index in [9.17, 15) is 4.79 Å². The minimum atomic E-state index is -0.487. The molecule has 0 amide bonds. The van der Waals surface area contributed by atoms with Crippen molar-refractivity contribution >= 4 is 29.0 Å². The van der Waals surface area contributed by atoms with Crippen LogP contribution >= 0.6 is 23.2 Å². The van der Waals surface area contributed by atoms with E-state index in [0.717, 1.165) is 11.1 Å². The molecule has 1 rings (SSSR count). The second-order valence-corrected chi connectivity index (χ2v) is 4.13. The van der Waals surface area contributed by atoms with E-state index in [0.29, 0.717) is 11.4 Å². The summed E-state index contributed by atoms with van der Waals surface area (Å²) in [5.74, 6) is 0.375. The van der Waals surface area contributed by atoms with Crippen molar-refractivity contribution in [3.63, 3.8) is 0 Å². The molecular formula is C11H12Cl2O. The van der Waals surface area contributed by atoms with Gasteiger partial charge in [-0.05, 0) is 25.0 Å². The van der Waals surface area contributed by atoms with Crippen LogP contribution in [-0.2, 0) is 5.88 Å². The van der Waals surface area contributed by atoms with E-state index >= 15 is 0 Å². The number of hydrogen-bond acceptors (Lipinski definition) is 1. The first-order valence-electron chi connectivity index (χ1n) is 4.40. The number of halogens is 2. The van der Waals surface area contributed by atoms with E-state index in [1.807, 2.05) is 19.1 Å². The number of alkyl halides is 2. The standard InChI is InChI=1S/C11H12Cl2O/c1-7-9(6-12)4-3-5-10(7)11(14)8(2)13/h3-5,8H,6H2,1-2H3. The van der Waals surface area contributed by atoms with Gasteiger partial charge in [-0.3, -0.25) is 4.79 Å². The number of ketones is 1. The van der Waals surface area contributed by atoms with Gasteiger partial charge in [0, 0.05) is 11.4 Å². The minimum Gasteiger partial charge on any atom is -0.293 e. The van der Waals surface area contributed by atoms with Crippen LogP contribution in [0.5, 0.6) is 0 Å². The molecule has 0 aliphatic heterocycles. The average molecular weight is 231 g/mol. The van der Waals surface area contributed by atoms with Gasteiger partial charge in [-0.25, -0.2) is 0 Å². The first kappa shape index (κ1) is 11.5.